The van der Waals surface area contributed by atoms with Gasteiger partial charge in [-0.1, -0.05) is 91.7 Å². The second kappa shape index (κ2) is 22.3. The van der Waals surface area contributed by atoms with Crippen molar-refractivity contribution in [1.29, 1.82) is 0 Å². The fraction of sp³-hybridized carbons (Fsp3) is 0.794. The molecular formula is C34H60O7PS+. The van der Waals surface area contributed by atoms with Crippen LogP contribution in [0.5, 0.6) is 5.75 Å². The van der Waals surface area contributed by atoms with Crippen LogP contribution in [0.1, 0.15) is 131 Å². The van der Waals surface area contributed by atoms with Crippen LogP contribution in [0.25, 0.3) is 0 Å². The summed E-state index contributed by atoms with van der Waals surface area (Å²) in [5, 5.41) is 7.29. The van der Waals surface area contributed by atoms with E-state index in [0.717, 1.165) is 43.6 Å². The number of rotatable bonds is 26. The molecule has 0 spiro atoms. The van der Waals surface area contributed by atoms with Crippen molar-refractivity contribution in [2.75, 3.05) is 24.7 Å². The summed E-state index contributed by atoms with van der Waals surface area (Å²) in [6, 6.07) is 8.65. The van der Waals surface area contributed by atoms with E-state index in [9.17, 15) is 19.4 Å². The Morgan fingerprint density at radius 2 is 1.51 bits per heavy atom. The van der Waals surface area contributed by atoms with Gasteiger partial charge in [0.05, 0.1) is 18.8 Å². The highest BCUT2D eigenvalue weighted by molar-refractivity contribution is 7.99. The lowest BCUT2D eigenvalue weighted by Gasteiger charge is -2.22. The lowest BCUT2D eigenvalue weighted by Crippen LogP contribution is -2.44. The van der Waals surface area contributed by atoms with Crippen molar-refractivity contribution in [1.82, 2.24) is 0 Å². The third kappa shape index (κ3) is 16.6. The molecule has 1 rings (SSSR count). The Kier molecular flexibility index (Phi) is 20.7. The molecule has 7 nitrogen and oxygen atoms in total. The lowest BCUT2D eigenvalue weighted by atomic mass is 9.87. The van der Waals surface area contributed by atoms with Crippen LogP contribution in [0.2, 0.25) is 0 Å². The molecule has 1 aromatic carbocycles. The number of unbranched alkanes of at least 4 members (excludes halogenated alkanes) is 7. The monoisotopic (exact) mass is 643 g/mol. The molecule has 0 aliphatic heterocycles. The molecule has 4 atom stereocenters. The molecule has 0 bridgehead atoms. The second-order valence-electron chi connectivity index (χ2n) is 12.7. The van der Waals surface area contributed by atoms with Crippen molar-refractivity contribution < 1.29 is 33.6 Å². The van der Waals surface area contributed by atoms with Crippen LogP contribution in [0.3, 0.4) is 0 Å². The van der Waals surface area contributed by atoms with Gasteiger partial charge in [0, 0.05) is 0 Å². The maximum Gasteiger partial charge on any atom is 0.556 e. The Hall–Kier alpha value is -1.18. The molecule has 43 heavy (non-hydrogen) atoms. The van der Waals surface area contributed by atoms with Gasteiger partial charge in [0.1, 0.15) is 12.4 Å². The molecule has 2 N–H and O–H groups in total. The maximum atomic E-state index is 11.8. The molecule has 0 radical (unpaired) electrons. The molecule has 0 aliphatic carbocycles. The summed E-state index contributed by atoms with van der Waals surface area (Å²) in [7, 11) is -3.09. The molecule has 1 aromatic rings. The first-order chi connectivity index (χ1) is 20.5. The third-order valence-corrected chi connectivity index (χ3v) is 9.81. The summed E-state index contributed by atoms with van der Waals surface area (Å²) < 4.78 is 29.1. The van der Waals surface area contributed by atoms with Gasteiger partial charge in [-0.15, -0.1) is 0 Å². The largest absolute Gasteiger partial charge is 0.556 e. The van der Waals surface area contributed by atoms with Crippen LogP contribution in [-0.2, 0) is 24.2 Å². The SMILES string of the molecule is CCCCCC(CCSCCCCCCCCC(C)OCC(OCCC)(C(=O)O)[P+](=O)O)Oc1ccc(C(C)(C)C)cc1. The standard InChI is InChI=1S/C34H59O7PS/c1-7-9-14-18-30(41-31-21-19-29(20-22-31)33(4,5)6)23-26-43-25-16-13-11-10-12-15-17-28(3)39-27-34(32(35)36,42(37)38)40-24-8-2/h19-22,28,30H,7-18,23-27H2,1-6H3,(H-,35,36,37,38)/p+1. The molecule has 9 heteroatoms. The van der Waals surface area contributed by atoms with Crippen LogP contribution in [0.15, 0.2) is 24.3 Å². The maximum absolute atomic E-state index is 11.8. The number of ether oxygens (including phenoxy) is 3. The Morgan fingerprint density at radius 3 is 2.09 bits per heavy atom. The number of carboxylic acids is 1. The minimum absolute atomic E-state index is 0.0884. The van der Waals surface area contributed by atoms with Gasteiger partial charge in [-0.2, -0.15) is 16.7 Å². The van der Waals surface area contributed by atoms with Gasteiger partial charge in [0.15, 0.2) is 0 Å². The smallest absolute Gasteiger partial charge is 0.490 e. The number of aliphatic carboxylic acids is 1. The summed E-state index contributed by atoms with van der Waals surface area (Å²) in [6.07, 6.45) is 14.2. The summed E-state index contributed by atoms with van der Waals surface area (Å²) in [6.45, 7) is 12.3. The topological polar surface area (TPSA) is 102 Å². The van der Waals surface area contributed by atoms with E-state index in [1.54, 1.807) is 0 Å². The molecule has 0 heterocycles. The molecule has 4 unspecified atom stereocenters. The average molecular weight is 644 g/mol. The fourth-order valence-corrected chi connectivity index (χ4v) is 6.33. The number of carboxylic acid groups (broad SMARTS) is 1. The molecule has 0 aromatic heterocycles. The van der Waals surface area contributed by atoms with Crippen molar-refractivity contribution in [2.45, 2.75) is 148 Å². The number of hydrogen-bond donors (Lipinski definition) is 2. The van der Waals surface area contributed by atoms with Crippen LogP contribution < -0.4 is 4.74 Å². The van der Waals surface area contributed by atoms with Gasteiger partial charge in [0.25, 0.3) is 0 Å². The fourth-order valence-electron chi connectivity index (χ4n) is 4.74. The molecule has 0 saturated heterocycles. The zero-order valence-corrected chi connectivity index (χ0v) is 29.5. The van der Waals surface area contributed by atoms with Crippen molar-refractivity contribution in [3.05, 3.63) is 29.8 Å². The minimum Gasteiger partial charge on any atom is -0.490 e. The Labute approximate surface area is 267 Å². The lowest BCUT2D eigenvalue weighted by molar-refractivity contribution is -0.163. The number of hydrogen-bond acceptors (Lipinski definition) is 6. The van der Waals surface area contributed by atoms with E-state index < -0.39 is 25.9 Å². The van der Waals surface area contributed by atoms with E-state index in [0.29, 0.717) is 6.42 Å². The highest BCUT2D eigenvalue weighted by Gasteiger charge is 2.59. The van der Waals surface area contributed by atoms with Crippen molar-refractivity contribution in [2.24, 2.45) is 0 Å². The first-order valence-electron chi connectivity index (χ1n) is 16.5. The highest BCUT2D eigenvalue weighted by Crippen LogP contribution is 2.38. The van der Waals surface area contributed by atoms with Gasteiger partial charge >= 0.3 is 19.3 Å². The normalized spacial score (nSPS) is 15.1. The van der Waals surface area contributed by atoms with Crippen molar-refractivity contribution >= 4 is 25.8 Å². The Morgan fingerprint density at radius 1 is 0.884 bits per heavy atom. The number of thioether (sulfide) groups is 1. The van der Waals surface area contributed by atoms with Gasteiger partial charge in [-0.25, -0.2) is 4.79 Å². The first-order valence-corrected chi connectivity index (χ1v) is 18.8. The quantitative estimate of drug-likeness (QED) is 0.0760. The summed E-state index contributed by atoms with van der Waals surface area (Å²) in [5.74, 6) is 1.84. The van der Waals surface area contributed by atoms with Gasteiger partial charge in [-0.3, -0.25) is 0 Å². The van der Waals surface area contributed by atoms with Crippen molar-refractivity contribution in [3.63, 3.8) is 0 Å². The first kappa shape index (κ1) is 39.8. The predicted molar refractivity (Wildman–Crippen MR) is 180 cm³/mol. The van der Waals surface area contributed by atoms with E-state index in [-0.39, 0.29) is 24.2 Å². The van der Waals surface area contributed by atoms with Crippen LogP contribution in [-0.4, -0.2) is 58.2 Å². The molecular weight excluding hydrogens is 583 g/mol. The number of carbonyl (C=O) groups is 1. The van der Waals surface area contributed by atoms with Gasteiger partial charge < -0.3 is 19.3 Å². The van der Waals surface area contributed by atoms with Crippen LogP contribution in [0.4, 0.5) is 0 Å². The molecule has 248 valence electrons. The zero-order valence-electron chi connectivity index (χ0n) is 27.8. The summed E-state index contributed by atoms with van der Waals surface area (Å²) >= 11 is 2.04. The molecule has 0 aliphatic rings. The zero-order chi connectivity index (χ0) is 32.1. The van der Waals surface area contributed by atoms with Crippen molar-refractivity contribution in [3.8, 4) is 5.75 Å². The van der Waals surface area contributed by atoms with E-state index in [1.807, 2.05) is 25.6 Å². The van der Waals surface area contributed by atoms with Gasteiger partial charge in [-0.05, 0) is 84.6 Å². The molecule has 0 fully saturated rings. The van der Waals surface area contributed by atoms with Crippen LogP contribution in [0, 0.1) is 0 Å². The predicted octanol–water partition coefficient (Wildman–Crippen LogP) is 9.51. The van der Waals surface area contributed by atoms with Gasteiger partial charge in [0.2, 0.25) is 0 Å². The summed E-state index contributed by atoms with van der Waals surface area (Å²) in [5.41, 5.74) is 1.48. The molecule has 0 saturated carbocycles. The van der Waals surface area contributed by atoms with Crippen LogP contribution >= 0.6 is 19.8 Å². The minimum atomic E-state index is -3.09. The summed E-state index contributed by atoms with van der Waals surface area (Å²) in [4.78, 5) is 21.2. The number of benzene rings is 1. The second-order valence-corrected chi connectivity index (χ2v) is 15.1. The van der Waals surface area contributed by atoms with E-state index in [4.69, 9.17) is 14.2 Å². The van der Waals surface area contributed by atoms with E-state index in [2.05, 4.69) is 52.0 Å². The average Bonchev–Trinajstić information content (AvgIpc) is 2.95. The highest BCUT2D eigenvalue weighted by atomic mass is 32.2. The molecule has 0 amide bonds. The Balaban J connectivity index is 2.22. The van der Waals surface area contributed by atoms with E-state index in [1.165, 1.54) is 56.3 Å². The Bertz CT molecular complexity index is 874. The third-order valence-electron chi connectivity index (χ3n) is 7.64. The van der Waals surface area contributed by atoms with E-state index >= 15 is 0 Å².